The van der Waals surface area contributed by atoms with Crippen molar-refractivity contribution in [3.05, 3.63) is 89.7 Å². The molecule has 1 atom stereocenters. The lowest BCUT2D eigenvalue weighted by molar-refractivity contribution is 0.0713. The number of para-hydroxylation sites is 1. The van der Waals surface area contributed by atoms with Crippen LogP contribution in [0.1, 0.15) is 21.6 Å². The van der Waals surface area contributed by atoms with Crippen molar-refractivity contribution in [3.8, 4) is 0 Å². The summed E-state index contributed by atoms with van der Waals surface area (Å²) in [5.41, 5.74) is 4.51. The Balaban J connectivity index is 1.41. The molecule has 29 heavy (non-hydrogen) atoms. The summed E-state index contributed by atoms with van der Waals surface area (Å²) in [7, 11) is 0. The number of nitrogens with zero attached hydrogens (tertiary/aromatic N) is 3. The van der Waals surface area contributed by atoms with E-state index in [0.717, 1.165) is 32.7 Å². The Labute approximate surface area is 171 Å². The number of carbonyl (C=O) groups excluding carboxylic acids is 1. The number of anilines is 1. The number of fused-ring (bicyclic) bond motifs is 3. The van der Waals surface area contributed by atoms with Crippen molar-refractivity contribution in [1.82, 2.24) is 14.8 Å². The lowest BCUT2D eigenvalue weighted by atomic mass is 10.1. The van der Waals surface area contributed by atoms with Crippen molar-refractivity contribution < 1.29 is 4.79 Å². The minimum Gasteiger partial charge on any atom is -0.364 e. The average Bonchev–Trinajstić information content (AvgIpc) is 3.24. The number of hydrogen-bond donors (Lipinski definition) is 1. The Morgan fingerprint density at radius 2 is 1.76 bits per heavy atom. The van der Waals surface area contributed by atoms with E-state index in [-0.39, 0.29) is 11.9 Å². The summed E-state index contributed by atoms with van der Waals surface area (Å²) < 4.78 is 0. The number of hydrogen-bond acceptors (Lipinski definition) is 3. The van der Waals surface area contributed by atoms with Crippen LogP contribution < -0.4 is 4.90 Å². The summed E-state index contributed by atoms with van der Waals surface area (Å²) in [5, 5.41) is 0. The second-order valence-electron chi connectivity index (χ2n) is 7.97. The molecule has 1 N–H and O–H groups in total. The summed E-state index contributed by atoms with van der Waals surface area (Å²) in [6.45, 7) is 5.32. The largest absolute Gasteiger partial charge is 0.364 e. The van der Waals surface area contributed by atoms with Crippen molar-refractivity contribution in [2.75, 3.05) is 31.1 Å². The smallest absolute Gasteiger partial charge is 0.270 e. The van der Waals surface area contributed by atoms with Gasteiger partial charge in [0.05, 0.1) is 6.04 Å². The molecule has 0 saturated carbocycles. The zero-order valence-corrected chi connectivity index (χ0v) is 16.5. The first-order chi connectivity index (χ1) is 14.3. The Kier molecular flexibility index (Phi) is 4.82. The van der Waals surface area contributed by atoms with E-state index in [1.165, 1.54) is 16.8 Å². The van der Waals surface area contributed by atoms with E-state index in [9.17, 15) is 4.79 Å². The van der Waals surface area contributed by atoms with Crippen LogP contribution in [0.4, 0.5) is 5.69 Å². The molecule has 5 rings (SSSR count). The maximum absolute atomic E-state index is 13.1. The molecule has 2 aliphatic rings. The second-order valence-corrected chi connectivity index (χ2v) is 7.97. The van der Waals surface area contributed by atoms with Gasteiger partial charge in [-0.1, -0.05) is 48.5 Å². The fourth-order valence-corrected chi connectivity index (χ4v) is 4.62. The Morgan fingerprint density at radius 3 is 2.59 bits per heavy atom. The molecular weight excluding hydrogens is 360 g/mol. The summed E-state index contributed by atoms with van der Waals surface area (Å²) in [5.74, 6) is 0.0758. The Bertz CT molecular complexity index is 970. The van der Waals surface area contributed by atoms with Gasteiger partial charge in [-0.2, -0.15) is 0 Å². The molecule has 1 unspecified atom stereocenters. The molecule has 1 amide bonds. The first-order valence-electron chi connectivity index (χ1n) is 10.3. The van der Waals surface area contributed by atoms with E-state index < -0.39 is 0 Å². The van der Waals surface area contributed by atoms with Crippen LogP contribution >= 0.6 is 0 Å². The van der Waals surface area contributed by atoms with Gasteiger partial charge >= 0.3 is 0 Å². The van der Waals surface area contributed by atoms with E-state index in [0.29, 0.717) is 12.2 Å². The number of H-pyrrole nitrogens is 1. The number of benzene rings is 2. The zero-order chi connectivity index (χ0) is 19.6. The van der Waals surface area contributed by atoms with E-state index in [1.54, 1.807) is 0 Å². The third-order valence-electron chi connectivity index (χ3n) is 6.02. The molecule has 5 nitrogen and oxygen atoms in total. The van der Waals surface area contributed by atoms with Crippen molar-refractivity contribution >= 4 is 11.6 Å². The molecule has 0 aliphatic carbocycles. The fourth-order valence-electron chi connectivity index (χ4n) is 4.62. The highest BCUT2D eigenvalue weighted by atomic mass is 16.2. The van der Waals surface area contributed by atoms with Gasteiger partial charge in [0, 0.05) is 51.2 Å². The lowest BCUT2D eigenvalue weighted by Crippen LogP contribution is -2.56. The molecule has 0 bridgehead atoms. The van der Waals surface area contributed by atoms with E-state index in [2.05, 4.69) is 69.4 Å². The van der Waals surface area contributed by atoms with Gasteiger partial charge in [0.1, 0.15) is 5.69 Å². The molecule has 148 valence electrons. The van der Waals surface area contributed by atoms with E-state index >= 15 is 0 Å². The average molecular weight is 386 g/mol. The molecule has 2 aliphatic heterocycles. The number of carbonyl (C=O) groups is 1. The maximum Gasteiger partial charge on any atom is 0.270 e. The van der Waals surface area contributed by atoms with Crippen LogP contribution in [0.25, 0.3) is 0 Å². The molecule has 2 aromatic carbocycles. The number of aromatic amines is 1. The third kappa shape index (κ3) is 3.66. The van der Waals surface area contributed by atoms with Crippen LogP contribution in [0.5, 0.6) is 0 Å². The van der Waals surface area contributed by atoms with Gasteiger partial charge < -0.3 is 14.8 Å². The second kappa shape index (κ2) is 7.76. The van der Waals surface area contributed by atoms with Crippen molar-refractivity contribution in [2.24, 2.45) is 0 Å². The molecular formula is C24H26N4O. The van der Waals surface area contributed by atoms with Crippen LogP contribution in [-0.2, 0) is 13.1 Å². The fraction of sp³-hybridized carbons (Fsp3) is 0.292. The molecule has 3 aromatic rings. The molecule has 0 spiro atoms. The molecule has 1 saturated heterocycles. The highest BCUT2D eigenvalue weighted by Gasteiger charge is 2.34. The van der Waals surface area contributed by atoms with Crippen LogP contribution in [0.2, 0.25) is 0 Å². The monoisotopic (exact) mass is 386 g/mol. The number of nitrogens with one attached hydrogen (secondary N) is 1. The Morgan fingerprint density at radius 1 is 0.931 bits per heavy atom. The van der Waals surface area contributed by atoms with Crippen molar-refractivity contribution in [3.63, 3.8) is 0 Å². The molecule has 3 heterocycles. The standard InChI is InChI=1S/C24H26N4O/c29-24(22-10-6-12-25-22)27-16-20-9-4-5-11-23(20)28-14-13-26(17-21(28)18-27)15-19-7-2-1-3-8-19/h1-12,21,25H,13-18H2. The number of piperazine rings is 1. The number of amides is 1. The minimum absolute atomic E-state index is 0.0758. The van der Waals surface area contributed by atoms with Gasteiger partial charge in [-0.15, -0.1) is 0 Å². The number of aromatic nitrogens is 1. The van der Waals surface area contributed by atoms with Crippen LogP contribution in [-0.4, -0.2) is 52.9 Å². The van der Waals surface area contributed by atoms with Gasteiger partial charge in [0.15, 0.2) is 0 Å². The van der Waals surface area contributed by atoms with Crippen LogP contribution in [0.15, 0.2) is 72.9 Å². The number of rotatable bonds is 3. The predicted molar refractivity (Wildman–Crippen MR) is 115 cm³/mol. The zero-order valence-electron chi connectivity index (χ0n) is 16.5. The van der Waals surface area contributed by atoms with E-state index in [4.69, 9.17) is 0 Å². The molecule has 5 heteroatoms. The SMILES string of the molecule is O=C(c1ccc[nH]1)N1Cc2ccccc2N2CCN(Cc3ccccc3)CC2C1. The Hall–Kier alpha value is -3.05. The summed E-state index contributed by atoms with van der Waals surface area (Å²) in [6.07, 6.45) is 1.81. The molecule has 1 aromatic heterocycles. The minimum atomic E-state index is 0.0758. The van der Waals surface area contributed by atoms with Crippen molar-refractivity contribution in [1.29, 1.82) is 0 Å². The first kappa shape index (κ1) is 18.0. The van der Waals surface area contributed by atoms with Crippen molar-refractivity contribution in [2.45, 2.75) is 19.1 Å². The molecule has 0 radical (unpaired) electrons. The van der Waals surface area contributed by atoms with Gasteiger partial charge in [-0.3, -0.25) is 9.69 Å². The van der Waals surface area contributed by atoms with Gasteiger partial charge in [-0.05, 0) is 29.3 Å². The molecule has 1 fully saturated rings. The topological polar surface area (TPSA) is 42.6 Å². The lowest BCUT2D eigenvalue weighted by Gasteiger charge is -2.43. The quantitative estimate of drug-likeness (QED) is 0.751. The summed E-state index contributed by atoms with van der Waals surface area (Å²) in [4.78, 5) is 23.2. The predicted octanol–water partition coefficient (Wildman–Crippen LogP) is 3.36. The van der Waals surface area contributed by atoms with Gasteiger partial charge in [0.25, 0.3) is 5.91 Å². The summed E-state index contributed by atoms with van der Waals surface area (Å²) in [6, 6.07) is 23.2. The maximum atomic E-state index is 13.1. The highest BCUT2D eigenvalue weighted by molar-refractivity contribution is 5.92. The normalized spacial score (nSPS) is 19.4. The van der Waals surface area contributed by atoms with Gasteiger partial charge in [0.2, 0.25) is 0 Å². The first-order valence-corrected chi connectivity index (χ1v) is 10.3. The van der Waals surface area contributed by atoms with Crippen LogP contribution in [0.3, 0.4) is 0 Å². The third-order valence-corrected chi connectivity index (χ3v) is 6.02. The van der Waals surface area contributed by atoms with Crippen LogP contribution in [0, 0.1) is 0 Å². The summed E-state index contributed by atoms with van der Waals surface area (Å²) >= 11 is 0. The van der Waals surface area contributed by atoms with E-state index in [1.807, 2.05) is 23.2 Å². The van der Waals surface area contributed by atoms with Gasteiger partial charge in [-0.25, -0.2) is 0 Å². The highest BCUT2D eigenvalue weighted by Crippen LogP contribution is 2.30.